The van der Waals surface area contributed by atoms with E-state index in [0.717, 1.165) is 12.2 Å². The molecule has 0 aliphatic carbocycles. The van der Waals surface area contributed by atoms with E-state index in [1.54, 1.807) is 12.1 Å². The summed E-state index contributed by atoms with van der Waals surface area (Å²) in [5, 5.41) is 0. The van der Waals surface area contributed by atoms with E-state index in [0.29, 0.717) is 19.0 Å². The van der Waals surface area contributed by atoms with Gasteiger partial charge in [-0.1, -0.05) is 18.2 Å². The molecular weight excluding hydrogens is 231 g/mol. The van der Waals surface area contributed by atoms with Crippen molar-refractivity contribution in [3.05, 3.63) is 60.4 Å². The zero-order valence-corrected chi connectivity index (χ0v) is 10.0. The normalized spacial score (nSPS) is 10.1. The number of benzene rings is 2. The first-order valence-electron chi connectivity index (χ1n) is 5.91. The van der Waals surface area contributed by atoms with Crippen molar-refractivity contribution in [3.8, 4) is 11.5 Å². The lowest BCUT2D eigenvalue weighted by atomic mass is 10.3. The van der Waals surface area contributed by atoms with Gasteiger partial charge < -0.3 is 9.47 Å². The van der Waals surface area contributed by atoms with E-state index in [-0.39, 0.29) is 5.82 Å². The first kappa shape index (κ1) is 12.4. The van der Waals surface area contributed by atoms with Crippen LogP contribution in [0.3, 0.4) is 0 Å². The summed E-state index contributed by atoms with van der Waals surface area (Å²) < 4.78 is 23.6. The molecule has 0 saturated carbocycles. The van der Waals surface area contributed by atoms with Crippen LogP contribution < -0.4 is 9.47 Å². The quantitative estimate of drug-likeness (QED) is 0.724. The van der Waals surface area contributed by atoms with Gasteiger partial charge in [0, 0.05) is 6.42 Å². The fourth-order valence-corrected chi connectivity index (χ4v) is 1.49. The van der Waals surface area contributed by atoms with E-state index in [4.69, 9.17) is 9.47 Å². The zero-order chi connectivity index (χ0) is 12.6. The minimum atomic E-state index is -0.255. The second kappa shape index (κ2) is 6.64. The van der Waals surface area contributed by atoms with Gasteiger partial charge in [0.2, 0.25) is 0 Å². The van der Waals surface area contributed by atoms with Crippen LogP contribution in [0, 0.1) is 5.82 Å². The van der Waals surface area contributed by atoms with E-state index in [9.17, 15) is 4.39 Å². The van der Waals surface area contributed by atoms with Crippen molar-refractivity contribution in [2.24, 2.45) is 0 Å². The van der Waals surface area contributed by atoms with Crippen LogP contribution >= 0.6 is 0 Å². The first-order chi connectivity index (χ1) is 8.84. The number of hydrogen-bond acceptors (Lipinski definition) is 2. The van der Waals surface area contributed by atoms with Crippen LogP contribution in [-0.2, 0) is 0 Å². The third-order valence-corrected chi connectivity index (χ3v) is 2.38. The lowest BCUT2D eigenvalue weighted by Crippen LogP contribution is -2.04. The Morgan fingerprint density at radius 3 is 1.89 bits per heavy atom. The molecule has 2 nitrogen and oxygen atoms in total. The van der Waals surface area contributed by atoms with Gasteiger partial charge in [0.25, 0.3) is 0 Å². The minimum Gasteiger partial charge on any atom is -0.493 e. The highest BCUT2D eigenvalue weighted by Crippen LogP contribution is 2.12. The van der Waals surface area contributed by atoms with Crippen LogP contribution in [0.1, 0.15) is 6.42 Å². The van der Waals surface area contributed by atoms with Crippen molar-refractivity contribution < 1.29 is 13.9 Å². The van der Waals surface area contributed by atoms with Gasteiger partial charge in [-0.2, -0.15) is 0 Å². The maximum atomic E-state index is 12.6. The number of rotatable bonds is 6. The number of halogens is 1. The van der Waals surface area contributed by atoms with Crippen LogP contribution in [0.15, 0.2) is 54.6 Å². The zero-order valence-electron chi connectivity index (χ0n) is 10.0. The topological polar surface area (TPSA) is 18.5 Å². The van der Waals surface area contributed by atoms with Crippen molar-refractivity contribution in [2.45, 2.75) is 6.42 Å². The minimum absolute atomic E-state index is 0.255. The van der Waals surface area contributed by atoms with Gasteiger partial charge >= 0.3 is 0 Å². The Balaban J connectivity index is 1.63. The van der Waals surface area contributed by atoms with E-state index < -0.39 is 0 Å². The monoisotopic (exact) mass is 246 g/mol. The van der Waals surface area contributed by atoms with Gasteiger partial charge in [-0.3, -0.25) is 0 Å². The fraction of sp³-hybridized carbons (Fsp3) is 0.200. The van der Waals surface area contributed by atoms with Gasteiger partial charge in [-0.05, 0) is 36.4 Å². The lowest BCUT2D eigenvalue weighted by molar-refractivity contribution is 0.247. The molecule has 2 rings (SSSR count). The maximum Gasteiger partial charge on any atom is 0.123 e. The Kier molecular flexibility index (Phi) is 4.59. The van der Waals surface area contributed by atoms with Crippen LogP contribution in [0.2, 0.25) is 0 Å². The summed E-state index contributed by atoms with van der Waals surface area (Å²) in [6, 6.07) is 15.7. The smallest absolute Gasteiger partial charge is 0.123 e. The van der Waals surface area contributed by atoms with Gasteiger partial charge in [0.05, 0.1) is 13.2 Å². The molecule has 0 radical (unpaired) electrons. The molecule has 0 aromatic heterocycles. The van der Waals surface area contributed by atoms with E-state index >= 15 is 0 Å². The molecule has 2 aromatic rings. The SMILES string of the molecule is Fc1ccc(OCCCOc2ccccc2)cc1. The molecule has 0 heterocycles. The second-order valence-corrected chi connectivity index (χ2v) is 3.82. The summed E-state index contributed by atoms with van der Waals surface area (Å²) >= 11 is 0. The van der Waals surface area contributed by atoms with Crippen LogP contribution in [0.25, 0.3) is 0 Å². The van der Waals surface area contributed by atoms with Crippen molar-refractivity contribution in [3.63, 3.8) is 0 Å². The predicted molar refractivity (Wildman–Crippen MR) is 68.4 cm³/mol. The number of ether oxygens (including phenoxy) is 2. The Morgan fingerprint density at radius 2 is 1.28 bits per heavy atom. The Morgan fingerprint density at radius 1 is 0.722 bits per heavy atom. The molecule has 0 spiro atoms. The van der Waals surface area contributed by atoms with E-state index in [1.807, 2.05) is 30.3 Å². The standard InChI is InChI=1S/C15H15FO2/c16-13-7-9-15(10-8-13)18-12-4-11-17-14-5-2-1-3-6-14/h1-3,5-10H,4,11-12H2. The molecule has 0 saturated heterocycles. The molecule has 3 heteroatoms. The molecular formula is C15H15FO2. The molecule has 0 fully saturated rings. The molecule has 0 atom stereocenters. The van der Waals surface area contributed by atoms with Crippen LogP contribution in [0.4, 0.5) is 4.39 Å². The van der Waals surface area contributed by atoms with Gasteiger partial charge in [0.15, 0.2) is 0 Å². The second-order valence-electron chi connectivity index (χ2n) is 3.82. The molecule has 18 heavy (non-hydrogen) atoms. The highest BCUT2D eigenvalue weighted by atomic mass is 19.1. The third-order valence-electron chi connectivity index (χ3n) is 2.38. The molecule has 0 N–H and O–H groups in total. The summed E-state index contributed by atoms with van der Waals surface area (Å²) in [4.78, 5) is 0. The number of hydrogen-bond donors (Lipinski definition) is 0. The molecule has 2 aromatic carbocycles. The predicted octanol–water partition coefficient (Wildman–Crippen LogP) is 3.67. The summed E-state index contributed by atoms with van der Waals surface area (Å²) in [6.07, 6.45) is 0.784. The third kappa shape index (κ3) is 4.09. The van der Waals surface area contributed by atoms with Crippen LogP contribution in [0.5, 0.6) is 11.5 Å². The highest BCUT2D eigenvalue weighted by molar-refractivity contribution is 5.22. The summed E-state index contributed by atoms with van der Waals surface area (Å²) in [5.41, 5.74) is 0. The summed E-state index contributed by atoms with van der Waals surface area (Å²) in [6.45, 7) is 1.16. The van der Waals surface area contributed by atoms with E-state index in [1.165, 1.54) is 12.1 Å². The maximum absolute atomic E-state index is 12.6. The lowest BCUT2D eigenvalue weighted by Gasteiger charge is -2.07. The molecule has 94 valence electrons. The fourth-order valence-electron chi connectivity index (χ4n) is 1.49. The van der Waals surface area contributed by atoms with Crippen molar-refractivity contribution in [1.82, 2.24) is 0 Å². The Bertz CT molecular complexity index is 454. The largest absolute Gasteiger partial charge is 0.493 e. The van der Waals surface area contributed by atoms with E-state index in [2.05, 4.69) is 0 Å². The molecule has 0 amide bonds. The highest BCUT2D eigenvalue weighted by Gasteiger charge is 1.95. The van der Waals surface area contributed by atoms with Crippen LogP contribution in [-0.4, -0.2) is 13.2 Å². The average molecular weight is 246 g/mol. The van der Waals surface area contributed by atoms with Gasteiger partial charge in [0.1, 0.15) is 17.3 Å². The van der Waals surface area contributed by atoms with Gasteiger partial charge in [-0.25, -0.2) is 4.39 Å². The summed E-state index contributed by atoms with van der Waals surface area (Å²) in [5.74, 6) is 1.28. The average Bonchev–Trinajstić information content (AvgIpc) is 2.42. The number of para-hydroxylation sites is 1. The Hall–Kier alpha value is -2.03. The molecule has 0 unspecified atom stereocenters. The molecule has 0 aliphatic rings. The summed E-state index contributed by atoms with van der Waals surface area (Å²) in [7, 11) is 0. The van der Waals surface area contributed by atoms with Crippen molar-refractivity contribution in [2.75, 3.05) is 13.2 Å². The first-order valence-corrected chi connectivity index (χ1v) is 5.91. The molecule has 0 aliphatic heterocycles. The molecule has 0 bridgehead atoms. The Labute approximate surface area is 106 Å². The van der Waals surface area contributed by atoms with Crippen molar-refractivity contribution >= 4 is 0 Å². The van der Waals surface area contributed by atoms with Gasteiger partial charge in [-0.15, -0.1) is 0 Å². The van der Waals surface area contributed by atoms with Crippen molar-refractivity contribution in [1.29, 1.82) is 0 Å².